The highest BCUT2D eigenvalue weighted by molar-refractivity contribution is 7.89. The Kier molecular flexibility index (Phi) is 6.67. The molecule has 0 atom stereocenters. The van der Waals surface area contributed by atoms with Gasteiger partial charge in [-0.25, -0.2) is 13.1 Å². The second-order valence-corrected chi connectivity index (χ2v) is 8.41. The summed E-state index contributed by atoms with van der Waals surface area (Å²) in [5, 5.41) is 12.2. The first-order valence-electron chi connectivity index (χ1n) is 9.17. The average Bonchev–Trinajstić information content (AvgIpc) is 3.18. The molecular weight excluding hydrogens is 451 g/mol. The summed E-state index contributed by atoms with van der Waals surface area (Å²) in [4.78, 5) is 16.7. The Morgan fingerprint density at radius 2 is 1.75 bits per heavy atom. The second kappa shape index (κ2) is 9.10. The van der Waals surface area contributed by atoms with Crippen LogP contribution in [-0.2, 0) is 25.8 Å². The van der Waals surface area contributed by atoms with Gasteiger partial charge in [-0.2, -0.15) is 18.3 Å². The highest BCUT2D eigenvalue weighted by atomic mass is 32.2. The van der Waals surface area contributed by atoms with Gasteiger partial charge >= 0.3 is 12.1 Å². The first kappa shape index (κ1) is 23.4. The maximum absolute atomic E-state index is 13.3. The molecule has 8 nitrogen and oxygen atoms in total. The van der Waals surface area contributed by atoms with Crippen molar-refractivity contribution in [3.8, 4) is 16.9 Å². The van der Waals surface area contributed by atoms with Gasteiger partial charge in [-0.15, -0.1) is 0 Å². The lowest BCUT2D eigenvalue weighted by molar-refractivity contribution is -0.141. The van der Waals surface area contributed by atoms with E-state index in [0.717, 1.165) is 16.3 Å². The molecule has 3 rings (SSSR count). The largest absolute Gasteiger partial charge is 0.481 e. The fourth-order valence-electron chi connectivity index (χ4n) is 2.72. The Morgan fingerprint density at radius 3 is 2.31 bits per heavy atom. The molecular formula is C20H18F3N3O5S. The summed E-state index contributed by atoms with van der Waals surface area (Å²) in [5.41, 5.74) is 0.746. The Hall–Kier alpha value is -3.22. The summed E-state index contributed by atoms with van der Waals surface area (Å²) in [6.45, 7) is 1.47. The van der Waals surface area contributed by atoms with Crippen molar-refractivity contribution in [2.75, 3.05) is 6.61 Å². The van der Waals surface area contributed by atoms with Gasteiger partial charge in [0.15, 0.2) is 5.69 Å². The predicted molar refractivity (Wildman–Crippen MR) is 107 cm³/mol. The zero-order valence-corrected chi connectivity index (χ0v) is 17.4. The Bertz CT molecular complexity index is 1200. The molecule has 0 saturated heterocycles. The number of aromatic nitrogens is 2. The molecule has 2 aromatic carbocycles. The van der Waals surface area contributed by atoms with Gasteiger partial charge in [0.2, 0.25) is 0 Å². The third-order valence-corrected chi connectivity index (χ3v) is 5.56. The number of alkyl halides is 3. The minimum atomic E-state index is -4.66. The van der Waals surface area contributed by atoms with Crippen molar-refractivity contribution in [1.29, 1.82) is 0 Å². The molecule has 3 aromatic rings. The summed E-state index contributed by atoms with van der Waals surface area (Å²) in [6.07, 6.45) is -5.06. The van der Waals surface area contributed by atoms with Crippen LogP contribution in [-0.4, -0.2) is 35.9 Å². The van der Waals surface area contributed by atoms with E-state index in [4.69, 9.17) is 5.11 Å². The Balaban J connectivity index is 1.92. The predicted octanol–water partition coefficient (Wildman–Crippen LogP) is 3.55. The molecule has 2 N–H and O–H groups in total. The standard InChI is InChI=1S/C20H18F3N3O5S/c1-13-2-4-14(5-3-13)17-12-18(20(21,22)23)24-26(17)15-6-8-16(9-7-15)32(29,30)25-31-11-10-19(27)28/h2-9,12,25H,10-11H2,1H3,(H,27,28). The molecule has 0 aliphatic heterocycles. The highest BCUT2D eigenvalue weighted by Crippen LogP contribution is 2.33. The number of carbonyl (C=O) groups is 1. The smallest absolute Gasteiger partial charge is 0.435 e. The van der Waals surface area contributed by atoms with Crippen LogP contribution in [0.25, 0.3) is 16.9 Å². The molecule has 0 spiro atoms. The summed E-state index contributed by atoms with van der Waals surface area (Å²) < 4.78 is 65.4. The maximum atomic E-state index is 13.3. The van der Waals surface area contributed by atoms with Crippen molar-refractivity contribution < 1.29 is 36.3 Å². The molecule has 0 amide bonds. The topological polar surface area (TPSA) is 111 Å². The van der Waals surface area contributed by atoms with E-state index in [-0.39, 0.29) is 22.9 Å². The lowest BCUT2D eigenvalue weighted by Crippen LogP contribution is -2.25. The fourth-order valence-corrected chi connectivity index (χ4v) is 3.55. The van der Waals surface area contributed by atoms with E-state index in [1.165, 1.54) is 24.3 Å². The van der Waals surface area contributed by atoms with Gasteiger partial charge in [0.25, 0.3) is 10.0 Å². The second-order valence-electron chi connectivity index (χ2n) is 6.76. The van der Waals surface area contributed by atoms with E-state index in [2.05, 4.69) is 9.94 Å². The Labute approximate surface area is 181 Å². The number of aliphatic carboxylic acids is 1. The first-order chi connectivity index (χ1) is 15.0. The fraction of sp³-hybridized carbons (Fsp3) is 0.200. The number of rotatable bonds is 8. The molecule has 0 bridgehead atoms. The highest BCUT2D eigenvalue weighted by Gasteiger charge is 2.35. The molecule has 0 aliphatic carbocycles. The molecule has 1 aromatic heterocycles. The van der Waals surface area contributed by atoms with Crippen LogP contribution in [0.4, 0.5) is 13.2 Å². The summed E-state index contributed by atoms with van der Waals surface area (Å²) in [7, 11) is -4.12. The van der Waals surface area contributed by atoms with Crippen LogP contribution in [0.3, 0.4) is 0 Å². The van der Waals surface area contributed by atoms with E-state index in [1.807, 2.05) is 6.92 Å². The summed E-state index contributed by atoms with van der Waals surface area (Å²) in [5.74, 6) is -1.16. The summed E-state index contributed by atoms with van der Waals surface area (Å²) >= 11 is 0. The molecule has 0 radical (unpaired) electrons. The first-order valence-corrected chi connectivity index (χ1v) is 10.7. The van der Waals surface area contributed by atoms with E-state index in [9.17, 15) is 26.4 Å². The monoisotopic (exact) mass is 469 g/mol. The Morgan fingerprint density at radius 1 is 1.12 bits per heavy atom. The third-order valence-electron chi connectivity index (χ3n) is 4.33. The van der Waals surface area contributed by atoms with E-state index >= 15 is 0 Å². The van der Waals surface area contributed by atoms with Crippen molar-refractivity contribution in [2.45, 2.75) is 24.4 Å². The van der Waals surface area contributed by atoms with Crippen LogP contribution in [0.5, 0.6) is 0 Å². The van der Waals surface area contributed by atoms with Crippen LogP contribution in [0.1, 0.15) is 17.7 Å². The number of nitrogens with one attached hydrogen (secondary N) is 1. The molecule has 0 fully saturated rings. The van der Waals surface area contributed by atoms with Crippen molar-refractivity contribution in [3.05, 3.63) is 65.9 Å². The van der Waals surface area contributed by atoms with E-state index < -0.39 is 34.3 Å². The quantitative estimate of drug-likeness (QED) is 0.386. The number of nitrogens with zero attached hydrogens (tertiary/aromatic N) is 2. The van der Waals surface area contributed by atoms with E-state index in [0.29, 0.717) is 5.56 Å². The number of benzene rings is 2. The number of hydrogen-bond acceptors (Lipinski definition) is 5. The van der Waals surface area contributed by atoms with Crippen LogP contribution in [0.2, 0.25) is 0 Å². The molecule has 12 heteroatoms. The lowest BCUT2D eigenvalue weighted by atomic mass is 10.1. The normalized spacial score (nSPS) is 12.1. The minimum absolute atomic E-state index is 0.183. The number of carboxylic acid groups (broad SMARTS) is 1. The van der Waals surface area contributed by atoms with Crippen LogP contribution >= 0.6 is 0 Å². The SMILES string of the molecule is Cc1ccc(-c2cc(C(F)(F)F)nn2-c2ccc(S(=O)(=O)NOCCC(=O)O)cc2)cc1. The van der Waals surface area contributed by atoms with Crippen molar-refractivity contribution in [3.63, 3.8) is 0 Å². The average molecular weight is 469 g/mol. The number of carboxylic acids is 1. The zero-order chi connectivity index (χ0) is 23.5. The van der Waals surface area contributed by atoms with Crippen molar-refractivity contribution >= 4 is 16.0 Å². The lowest BCUT2D eigenvalue weighted by Gasteiger charge is -2.10. The van der Waals surface area contributed by atoms with Gasteiger partial charge in [0.05, 0.1) is 29.3 Å². The molecule has 0 unspecified atom stereocenters. The molecule has 0 saturated carbocycles. The van der Waals surface area contributed by atoms with Gasteiger partial charge in [-0.05, 0) is 37.3 Å². The molecule has 32 heavy (non-hydrogen) atoms. The molecule has 170 valence electrons. The van der Waals surface area contributed by atoms with Gasteiger partial charge in [-0.3, -0.25) is 9.63 Å². The van der Waals surface area contributed by atoms with Gasteiger partial charge in [0, 0.05) is 5.56 Å². The maximum Gasteiger partial charge on any atom is 0.435 e. The third kappa shape index (κ3) is 5.52. The van der Waals surface area contributed by atoms with Crippen LogP contribution in [0, 0.1) is 6.92 Å². The number of aryl methyl sites for hydroxylation is 1. The van der Waals surface area contributed by atoms with Crippen LogP contribution in [0.15, 0.2) is 59.5 Å². The van der Waals surface area contributed by atoms with Crippen molar-refractivity contribution in [2.24, 2.45) is 0 Å². The summed E-state index contributed by atoms with van der Waals surface area (Å²) in [6, 6.07) is 12.7. The van der Waals surface area contributed by atoms with Gasteiger partial charge in [0.1, 0.15) is 0 Å². The zero-order valence-electron chi connectivity index (χ0n) is 16.6. The van der Waals surface area contributed by atoms with Gasteiger partial charge < -0.3 is 5.11 Å². The van der Waals surface area contributed by atoms with Crippen LogP contribution < -0.4 is 4.89 Å². The van der Waals surface area contributed by atoms with Gasteiger partial charge in [-0.1, -0.05) is 34.7 Å². The minimum Gasteiger partial charge on any atom is -0.481 e. The number of halogens is 3. The molecule has 1 heterocycles. The van der Waals surface area contributed by atoms with Crippen molar-refractivity contribution in [1.82, 2.24) is 14.7 Å². The molecule has 0 aliphatic rings. The number of sulfonamides is 1. The number of hydrogen-bond donors (Lipinski definition) is 2. The van der Waals surface area contributed by atoms with E-state index in [1.54, 1.807) is 29.2 Å².